The zero-order valence-electron chi connectivity index (χ0n) is 15.0. The average molecular weight is 353 g/mol. The van der Waals surface area contributed by atoms with Gasteiger partial charge in [0.05, 0.1) is 12.2 Å². The summed E-state index contributed by atoms with van der Waals surface area (Å²) in [5.74, 6) is 0.0563. The van der Waals surface area contributed by atoms with E-state index in [4.69, 9.17) is 0 Å². The van der Waals surface area contributed by atoms with E-state index in [1.165, 1.54) is 0 Å². The van der Waals surface area contributed by atoms with Crippen molar-refractivity contribution >= 4 is 5.78 Å². The van der Waals surface area contributed by atoms with Gasteiger partial charge in [0.15, 0.2) is 5.78 Å². The van der Waals surface area contributed by atoms with E-state index < -0.39 is 0 Å². The molecular formula is C23H19N3O. The van der Waals surface area contributed by atoms with E-state index in [9.17, 15) is 4.79 Å². The number of ketones is 1. The van der Waals surface area contributed by atoms with Crippen LogP contribution in [0.5, 0.6) is 0 Å². The summed E-state index contributed by atoms with van der Waals surface area (Å²) in [5.41, 5.74) is 5.63. The Morgan fingerprint density at radius 3 is 2.07 bits per heavy atom. The molecule has 0 aliphatic rings. The molecule has 4 rings (SSSR count). The molecule has 0 saturated heterocycles. The fourth-order valence-corrected chi connectivity index (χ4v) is 3.12. The molecule has 4 heteroatoms. The maximum absolute atomic E-state index is 11.6. The molecule has 27 heavy (non-hydrogen) atoms. The summed E-state index contributed by atoms with van der Waals surface area (Å²) in [5, 5.41) is 8.88. The van der Waals surface area contributed by atoms with Crippen LogP contribution >= 0.6 is 0 Å². The topological polar surface area (TPSA) is 47.8 Å². The molecular weight excluding hydrogens is 334 g/mol. The summed E-state index contributed by atoms with van der Waals surface area (Å²) in [4.78, 5) is 11.6. The Balaban J connectivity index is 1.83. The number of benzene rings is 3. The number of Topliss-reactive ketones (excluding diaryl/α,β-unsaturated/α-hetero) is 1. The molecule has 0 radical (unpaired) electrons. The van der Waals surface area contributed by atoms with Gasteiger partial charge in [0.2, 0.25) is 0 Å². The van der Waals surface area contributed by atoms with E-state index in [2.05, 4.69) is 22.4 Å². The van der Waals surface area contributed by atoms with E-state index in [0.29, 0.717) is 12.1 Å². The van der Waals surface area contributed by atoms with Gasteiger partial charge in [-0.2, -0.15) is 0 Å². The van der Waals surface area contributed by atoms with E-state index in [1.54, 1.807) is 6.92 Å². The molecule has 0 fully saturated rings. The summed E-state index contributed by atoms with van der Waals surface area (Å²) >= 11 is 0. The van der Waals surface area contributed by atoms with E-state index in [-0.39, 0.29) is 5.78 Å². The van der Waals surface area contributed by atoms with Crippen molar-refractivity contribution in [2.75, 3.05) is 0 Å². The predicted molar refractivity (Wildman–Crippen MR) is 106 cm³/mol. The third-order valence-corrected chi connectivity index (χ3v) is 4.52. The first kappa shape index (κ1) is 16.9. The van der Waals surface area contributed by atoms with Gasteiger partial charge in [0, 0.05) is 16.7 Å². The lowest BCUT2D eigenvalue weighted by molar-refractivity contribution is 0.101. The molecule has 1 heterocycles. The second kappa shape index (κ2) is 7.38. The largest absolute Gasteiger partial charge is 0.295 e. The van der Waals surface area contributed by atoms with Crippen molar-refractivity contribution in [2.24, 2.45) is 0 Å². The highest BCUT2D eigenvalue weighted by Crippen LogP contribution is 2.31. The molecule has 0 amide bonds. The minimum absolute atomic E-state index is 0.0563. The van der Waals surface area contributed by atoms with Crippen LogP contribution in [0.4, 0.5) is 0 Å². The van der Waals surface area contributed by atoms with Crippen molar-refractivity contribution in [1.29, 1.82) is 0 Å². The summed E-state index contributed by atoms with van der Waals surface area (Å²) in [6, 6.07) is 27.9. The van der Waals surface area contributed by atoms with Crippen molar-refractivity contribution in [3.05, 3.63) is 96.1 Å². The third kappa shape index (κ3) is 3.55. The summed E-state index contributed by atoms with van der Waals surface area (Å²) in [6.45, 7) is 2.20. The van der Waals surface area contributed by atoms with Crippen molar-refractivity contribution < 1.29 is 4.79 Å². The quantitative estimate of drug-likeness (QED) is 0.481. The lowest BCUT2D eigenvalue weighted by Crippen LogP contribution is -2.04. The third-order valence-electron chi connectivity index (χ3n) is 4.52. The average Bonchev–Trinajstić information content (AvgIpc) is 3.13. The van der Waals surface area contributed by atoms with Gasteiger partial charge in [0.25, 0.3) is 0 Å². The fraction of sp³-hybridized carbons (Fsp3) is 0.0870. The number of hydrogen-bond donors (Lipinski definition) is 0. The summed E-state index contributed by atoms with van der Waals surface area (Å²) in [7, 11) is 0. The molecule has 0 N–H and O–H groups in total. The summed E-state index contributed by atoms with van der Waals surface area (Å²) in [6.07, 6.45) is 0. The molecule has 0 spiro atoms. The van der Waals surface area contributed by atoms with Crippen LogP contribution in [0.15, 0.2) is 84.9 Å². The highest BCUT2D eigenvalue weighted by Gasteiger charge is 2.17. The smallest absolute Gasteiger partial charge is 0.159 e. The molecule has 3 aromatic carbocycles. The first-order chi connectivity index (χ1) is 13.2. The van der Waals surface area contributed by atoms with Crippen LogP contribution in [-0.2, 0) is 6.54 Å². The Bertz CT molecular complexity index is 1050. The second-order valence-electron chi connectivity index (χ2n) is 6.43. The first-order valence-corrected chi connectivity index (χ1v) is 8.86. The Labute approximate surface area is 158 Å². The van der Waals surface area contributed by atoms with Crippen LogP contribution in [0.3, 0.4) is 0 Å². The number of nitrogens with zero attached hydrogens (tertiary/aromatic N) is 3. The van der Waals surface area contributed by atoms with Crippen molar-refractivity contribution in [1.82, 2.24) is 15.0 Å². The molecule has 0 aliphatic heterocycles. The molecule has 0 unspecified atom stereocenters. The Hall–Kier alpha value is -3.53. The highest BCUT2D eigenvalue weighted by molar-refractivity contribution is 5.94. The van der Waals surface area contributed by atoms with Gasteiger partial charge in [-0.25, -0.2) is 4.68 Å². The monoisotopic (exact) mass is 353 g/mol. The number of aromatic nitrogens is 3. The van der Waals surface area contributed by atoms with Crippen molar-refractivity contribution in [3.8, 4) is 22.5 Å². The van der Waals surface area contributed by atoms with Crippen molar-refractivity contribution in [2.45, 2.75) is 13.5 Å². The van der Waals surface area contributed by atoms with E-state index >= 15 is 0 Å². The Kier molecular flexibility index (Phi) is 4.62. The SMILES string of the molecule is CC(=O)c1ccc(-c2c(-c3ccccc3)nnn2Cc2ccccc2)cc1. The summed E-state index contributed by atoms with van der Waals surface area (Å²) < 4.78 is 1.92. The maximum atomic E-state index is 11.6. The van der Waals surface area contributed by atoms with E-state index in [0.717, 1.165) is 28.1 Å². The van der Waals surface area contributed by atoms with Gasteiger partial charge >= 0.3 is 0 Å². The molecule has 132 valence electrons. The highest BCUT2D eigenvalue weighted by atomic mass is 16.1. The van der Waals surface area contributed by atoms with Crippen LogP contribution in [0.1, 0.15) is 22.8 Å². The maximum Gasteiger partial charge on any atom is 0.159 e. The van der Waals surface area contributed by atoms with Gasteiger partial charge < -0.3 is 0 Å². The van der Waals surface area contributed by atoms with Gasteiger partial charge in [-0.05, 0) is 12.5 Å². The van der Waals surface area contributed by atoms with Crippen LogP contribution < -0.4 is 0 Å². The standard InChI is InChI=1S/C23H19N3O/c1-17(27)19-12-14-21(15-13-19)23-22(20-10-6-3-7-11-20)24-25-26(23)16-18-8-4-2-5-9-18/h2-15H,16H2,1H3. The number of hydrogen-bond acceptors (Lipinski definition) is 3. The molecule has 0 atom stereocenters. The molecule has 0 aliphatic carbocycles. The van der Waals surface area contributed by atoms with Gasteiger partial charge in [-0.3, -0.25) is 4.79 Å². The molecule has 4 aromatic rings. The predicted octanol–water partition coefficient (Wildman–Crippen LogP) is 4.86. The Morgan fingerprint density at radius 1 is 0.815 bits per heavy atom. The molecule has 0 saturated carbocycles. The lowest BCUT2D eigenvalue weighted by atomic mass is 10.0. The lowest BCUT2D eigenvalue weighted by Gasteiger charge is -2.09. The molecule has 1 aromatic heterocycles. The van der Waals surface area contributed by atoms with Crippen LogP contribution in [0, 0.1) is 0 Å². The molecule has 4 nitrogen and oxygen atoms in total. The van der Waals surface area contributed by atoms with Gasteiger partial charge in [0.1, 0.15) is 5.69 Å². The minimum Gasteiger partial charge on any atom is -0.295 e. The normalized spacial score (nSPS) is 10.7. The Morgan fingerprint density at radius 2 is 1.44 bits per heavy atom. The first-order valence-electron chi connectivity index (χ1n) is 8.86. The van der Waals surface area contributed by atoms with E-state index in [1.807, 2.05) is 77.5 Å². The minimum atomic E-state index is 0.0563. The van der Waals surface area contributed by atoms with Crippen LogP contribution in [-0.4, -0.2) is 20.8 Å². The van der Waals surface area contributed by atoms with Crippen LogP contribution in [0.25, 0.3) is 22.5 Å². The second-order valence-corrected chi connectivity index (χ2v) is 6.43. The molecule has 0 bridgehead atoms. The fourth-order valence-electron chi connectivity index (χ4n) is 3.12. The van der Waals surface area contributed by atoms with Crippen LogP contribution in [0.2, 0.25) is 0 Å². The number of carbonyl (C=O) groups excluding carboxylic acids is 1. The van der Waals surface area contributed by atoms with Gasteiger partial charge in [-0.1, -0.05) is 90.1 Å². The van der Waals surface area contributed by atoms with Gasteiger partial charge in [-0.15, -0.1) is 5.10 Å². The zero-order valence-corrected chi connectivity index (χ0v) is 15.0. The van der Waals surface area contributed by atoms with Crippen molar-refractivity contribution in [3.63, 3.8) is 0 Å². The number of carbonyl (C=O) groups is 1. The number of rotatable bonds is 5. The zero-order chi connectivity index (χ0) is 18.6.